The number of aromatic nitrogens is 3. The summed E-state index contributed by atoms with van der Waals surface area (Å²) in [6.45, 7) is 5.64. The van der Waals surface area contributed by atoms with Gasteiger partial charge in [-0.05, 0) is 38.8 Å². The molecule has 4 rings (SSSR count). The molecule has 2 atom stereocenters. The van der Waals surface area contributed by atoms with Gasteiger partial charge in [0.05, 0.1) is 30.7 Å². The molecule has 156 valence electrons. The first-order chi connectivity index (χ1) is 13.7. The molecule has 29 heavy (non-hydrogen) atoms. The van der Waals surface area contributed by atoms with Crippen LogP contribution in [-0.4, -0.2) is 54.9 Å². The highest BCUT2D eigenvalue weighted by Gasteiger charge is 2.46. The summed E-state index contributed by atoms with van der Waals surface area (Å²) < 4.78 is 30.2. The van der Waals surface area contributed by atoms with E-state index in [9.17, 15) is 8.42 Å². The van der Waals surface area contributed by atoms with Crippen LogP contribution in [0.25, 0.3) is 11.4 Å². The fourth-order valence-corrected chi connectivity index (χ4v) is 6.03. The zero-order valence-electron chi connectivity index (χ0n) is 16.4. The Morgan fingerprint density at radius 3 is 2.72 bits per heavy atom. The second kappa shape index (κ2) is 7.37. The van der Waals surface area contributed by atoms with E-state index in [2.05, 4.69) is 21.8 Å². The van der Waals surface area contributed by atoms with Gasteiger partial charge < -0.3 is 15.4 Å². The summed E-state index contributed by atoms with van der Waals surface area (Å²) in [6.07, 6.45) is 1.15. The van der Waals surface area contributed by atoms with E-state index in [1.807, 2.05) is 0 Å². The van der Waals surface area contributed by atoms with Crippen molar-refractivity contribution in [2.75, 3.05) is 36.1 Å². The number of ether oxygens (including phenoxy) is 1. The Morgan fingerprint density at radius 2 is 2.07 bits per heavy atom. The number of anilines is 2. The summed E-state index contributed by atoms with van der Waals surface area (Å²) in [5, 5.41) is 0.231. The number of nitrogen functional groups attached to an aromatic ring is 1. The lowest BCUT2D eigenvalue weighted by molar-refractivity contribution is 0.0985. The van der Waals surface area contributed by atoms with Crippen molar-refractivity contribution < 1.29 is 13.2 Å². The van der Waals surface area contributed by atoms with Gasteiger partial charge in [-0.15, -0.1) is 0 Å². The fourth-order valence-electron chi connectivity index (χ4n) is 3.96. The molecule has 0 unspecified atom stereocenters. The van der Waals surface area contributed by atoms with Crippen molar-refractivity contribution in [3.8, 4) is 11.4 Å². The van der Waals surface area contributed by atoms with Gasteiger partial charge in [0.15, 0.2) is 15.7 Å². The lowest BCUT2D eigenvalue weighted by Crippen LogP contribution is -2.44. The molecule has 2 aromatic heterocycles. The zero-order chi connectivity index (χ0) is 20.8. The molecule has 2 saturated heterocycles. The van der Waals surface area contributed by atoms with E-state index in [1.54, 1.807) is 25.1 Å². The highest BCUT2D eigenvalue weighted by atomic mass is 35.5. The minimum absolute atomic E-state index is 0.110. The van der Waals surface area contributed by atoms with Crippen molar-refractivity contribution in [2.24, 2.45) is 0 Å². The molecule has 0 radical (unpaired) electrons. The number of hydrogen-bond donors (Lipinski definition) is 1. The van der Waals surface area contributed by atoms with Crippen molar-refractivity contribution in [3.63, 3.8) is 0 Å². The molecule has 0 aliphatic carbocycles. The molecule has 0 bridgehead atoms. The Bertz CT molecular complexity index is 1030. The third-order valence-corrected chi connectivity index (χ3v) is 8.55. The van der Waals surface area contributed by atoms with E-state index in [0.29, 0.717) is 55.5 Å². The van der Waals surface area contributed by atoms with E-state index >= 15 is 0 Å². The highest BCUT2D eigenvalue weighted by molar-refractivity contribution is 7.92. The van der Waals surface area contributed by atoms with Crippen LogP contribution in [0.5, 0.6) is 0 Å². The van der Waals surface area contributed by atoms with Gasteiger partial charge in [-0.2, -0.15) is 0 Å². The van der Waals surface area contributed by atoms with Crippen LogP contribution in [0.2, 0.25) is 5.15 Å². The molecule has 10 heteroatoms. The Labute approximate surface area is 175 Å². The van der Waals surface area contributed by atoms with E-state index in [-0.39, 0.29) is 22.8 Å². The molecule has 0 saturated carbocycles. The average molecular weight is 438 g/mol. The van der Waals surface area contributed by atoms with Gasteiger partial charge in [0.2, 0.25) is 0 Å². The lowest BCUT2D eigenvalue weighted by Gasteiger charge is -2.35. The van der Waals surface area contributed by atoms with E-state index in [0.717, 1.165) is 0 Å². The predicted molar refractivity (Wildman–Crippen MR) is 113 cm³/mol. The summed E-state index contributed by atoms with van der Waals surface area (Å²) in [4.78, 5) is 15.5. The van der Waals surface area contributed by atoms with Gasteiger partial charge in [-0.1, -0.05) is 11.6 Å². The molecule has 2 aliphatic rings. The Morgan fingerprint density at radius 1 is 1.28 bits per heavy atom. The second-order valence-electron chi connectivity index (χ2n) is 7.81. The highest BCUT2D eigenvalue weighted by Crippen LogP contribution is 2.42. The molecule has 2 aliphatic heterocycles. The summed E-state index contributed by atoms with van der Waals surface area (Å²) in [5.41, 5.74) is 6.96. The van der Waals surface area contributed by atoms with Crippen molar-refractivity contribution >= 4 is 33.1 Å². The molecule has 8 nitrogen and oxygen atoms in total. The normalized spacial score (nSPS) is 26.6. The first kappa shape index (κ1) is 20.3. The van der Waals surface area contributed by atoms with Gasteiger partial charge in [0.1, 0.15) is 21.5 Å². The van der Waals surface area contributed by atoms with Gasteiger partial charge in [0, 0.05) is 18.2 Å². The number of halogens is 1. The SMILES string of the molecule is C[C@@H]1COCCN1c1cc([C@]2(C)CCCS2(=O)=O)nc(-c2cc(N)nc(Cl)c2)n1. The van der Waals surface area contributed by atoms with Crippen LogP contribution in [0.15, 0.2) is 18.2 Å². The molecule has 0 amide bonds. The Hall–Kier alpha value is -1.97. The van der Waals surface area contributed by atoms with Gasteiger partial charge in [-0.3, -0.25) is 0 Å². The molecular weight excluding hydrogens is 414 g/mol. The van der Waals surface area contributed by atoms with Crippen molar-refractivity contribution in [3.05, 3.63) is 29.0 Å². The number of nitrogens with zero attached hydrogens (tertiary/aromatic N) is 4. The first-order valence-electron chi connectivity index (χ1n) is 9.59. The molecule has 2 N–H and O–H groups in total. The number of nitrogens with two attached hydrogens (primary N) is 1. The number of morpholine rings is 1. The molecule has 2 aromatic rings. The largest absolute Gasteiger partial charge is 0.384 e. The zero-order valence-corrected chi connectivity index (χ0v) is 18.0. The number of pyridine rings is 1. The predicted octanol–water partition coefficient (Wildman–Crippen LogP) is 2.42. The van der Waals surface area contributed by atoms with Crippen LogP contribution < -0.4 is 10.6 Å². The molecular formula is C19H24ClN5O3S. The van der Waals surface area contributed by atoms with E-state index in [1.165, 1.54) is 0 Å². The minimum Gasteiger partial charge on any atom is -0.384 e. The quantitative estimate of drug-likeness (QED) is 0.728. The second-order valence-corrected chi connectivity index (χ2v) is 10.7. The van der Waals surface area contributed by atoms with Gasteiger partial charge in [-0.25, -0.2) is 23.4 Å². The lowest BCUT2D eigenvalue weighted by atomic mass is 10.0. The minimum atomic E-state index is -3.31. The monoisotopic (exact) mass is 437 g/mol. The van der Waals surface area contributed by atoms with E-state index in [4.69, 9.17) is 27.1 Å². The summed E-state index contributed by atoms with van der Waals surface area (Å²) in [7, 11) is -3.31. The molecule has 0 spiro atoms. The standard InChI is InChI=1S/C19H24ClN5O3S/c1-12-11-28-6-5-25(12)17-10-14(19(2)4-3-7-29(19,26)27)22-18(24-17)13-8-15(20)23-16(21)9-13/h8-10,12H,3-7,11H2,1-2H3,(H2,21,23)/t12-,19+/m1/s1. The van der Waals surface area contributed by atoms with Crippen LogP contribution in [0.1, 0.15) is 32.4 Å². The topological polar surface area (TPSA) is 111 Å². The summed E-state index contributed by atoms with van der Waals surface area (Å²) >= 11 is 6.08. The third-order valence-electron chi connectivity index (χ3n) is 5.74. The van der Waals surface area contributed by atoms with Gasteiger partial charge in [0.25, 0.3) is 0 Å². The smallest absolute Gasteiger partial charge is 0.162 e. The van der Waals surface area contributed by atoms with Crippen LogP contribution >= 0.6 is 11.6 Å². The number of hydrogen-bond acceptors (Lipinski definition) is 8. The Balaban J connectivity index is 1.90. The number of rotatable bonds is 3. The Kier molecular flexibility index (Phi) is 5.16. The van der Waals surface area contributed by atoms with Crippen molar-refractivity contribution in [1.82, 2.24) is 15.0 Å². The summed E-state index contributed by atoms with van der Waals surface area (Å²) in [5.74, 6) is 1.48. The van der Waals surface area contributed by atoms with Crippen LogP contribution in [0, 0.1) is 0 Å². The van der Waals surface area contributed by atoms with Crippen LogP contribution in [-0.2, 0) is 19.3 Å². The van der Waals surface area contributed by atoms with Gasteiger partial charge >= 0.3 is 0 Å². The van der Waals surface area contributed by atoms with E-state index < -0.39 is 14.6 Å². The maximum Gasteiger partial charge on any atom is 0.162 e. The summed E-state index contributed by atoms with van der Waals surface area (Å²) in [6, 6.07) is 5.19. The molecule has 2 fully saturated rings. The first-order valence-corrected chi connectivity index (χ1v) is 11.6. The third kappa shape index (κ3) is 3.67. The average Bonchev–Trinajstić information content (AvgIpc) is 2.94. The van der Waals surface area contributed by atoms with Crippen LogP contribution in [0.3, 0.4) is 0 Å². The fraction of sp³-hybridized carbons (Fsp3) is 0.526. The maximum atomic E-state index is 12.8. The van der Waals surface area contributed by atoms with Crippen LogP contribution in [0.4, 0.5) is 11.6 Å². The van der Waals surface area contributed by atoms with Crippen molar-refractivity contribution in [2.45, 2.75) is 37.5 Å². The maximum absolute atomic E-state index is 12.8. The molecule has 0 aromatic carbocycles. The molecule has 4 heterocycles. The van der Waals surface area contributed by atoms with Crippen molar-refractivity contribution in [1.29, 1.82) is 0 Å². The number of sulfone groups is 1.